The molecule has 124 valence electrons. The SMILES string of the molecule is CC(C)(C)C1CCC(CN)(C(C)(O)C2CCCNC2)CC1. The van der Waals surface area contributed by atoms with Gasteiger partial charge in [0, 0.05) is 24.4 Å². The lowest BCUT2D eigenvalue weighted by Crippen LogP contribution is -2.59. The maximum atomic E-state index is 11.4. The largest absolute Gasteiger partial charge is 0.389 e. The van der Waals surface area contributed by atoms with Gasteiger partial charge in [0.05, 0.1) is 5.60 Å². The molecular formula is C18H36N2O. The summed E-state index contributed by atoms with van der Waals surface area (Å²) in [5, 5.41) is 14.8. The second kappa shape index (κ2) is 6.17. The molecule has 0 aromatic heterocycles. The lowest BCUT2D eigenvalue weighted by Gasteiger charge is -2.54. The van der Waals surface area contributed by atoms with Gasteiger partial charge in [-0.2, -0.15) is 0 Å². The number of piperidine rings is 1. The van der Waals surface area contributed by atoms with Gasteiger partial charge >= 0.3 is 0 Å². The minimum absolute atomic E-state index is 0.0849. The third kappa shape index (κ3) is 3.30. The first-order valence-corrected chi connectivity index (χ1v) is 8.86. The monoisotopic (exact) mass is 296 g/mol. The quantitative estimate of drug-likeness (QED) is 0.750. The fraction of sp³-hybridized carbons (Fsp3) is 1.00. The van der Waals surface area contributed by atoms with Gasteiger partial charge in [-0.3, -0.25) is 0 Å². The minimum Gasteiger partial charge on any atom is -0.389 e. The zero-order valence-electron chi connectivity index (χ0n) is 14.5. The smallest absolute Gasteiger partial charge is 0.0727 e. The number of nitrogens with two attached hydrogens (primary N) is 1. The van der Waals surface area contributed by atoms with E-state index in [-0.39, 0.29) is 5.41 Å². The second-order valence-corrected chi connectivity index (χ2v) is 8.82. The summed E-state index contributed by atoms with van der Waals surface area (Å²) < 4.78 is 0. The van der Waals surface area contributed by atoms with Crippen LogP contribution in [0.2, 0.25) is 0 Å². The maximum Gasteiger partial charge on any atom is 0.0727 e. The van der Waals surface area contributed by atoms with Crippen molar-refractivity contribution in [2.75, 3.05) is 19.6 Å². The van der Waals surface area contributed by atoms with Crippen LogP contribution in [-0.2, 0) is 0 Å². The number of aliphatic hydroxyl groups is 1. The first-order chi connectivity index (χ1) is 9.73. The van der Waals surface area contributed by atoms with Crippen molar-refractivity contribution in [3.63, 3.8) is 0 Å². The molecule has 1 saturated carbocycles. The van der Waals surface area contributed by atoms with E-state index >= 15 is 0 Å². The molecule has 3 heteroatoms. The molecule has 0 radical (unpaired) electrons. The molecule has 0 bridgehead atoms. The molecule has 0 aromatic rings. The average Bonchev–Trinajstić information content (AvgIpc) is 2.47. The van der Waals surface area contributed by atoms with Crippen LogP contribution >= 0.6 is 0 Å². The molecule has 0 amide bonds. The van der Waals surface area contributed by atoms with Crippen LogP contribution in [0.1, 0.15) is 66.2 Å². The molecular weight excluding hydrogens is 260 g/mol. The van der Waals surface area contributed by atoms with E-state index in [4.69, 9.17) is 5.73 Å². The van der Waals surface area contributed by atoms with Crippen LogP contribution in [0.5, 0.6) is 0 Å². The van der Waals surface area contributed by atoms with Crippen molar-refractivity contribution in [3.05, 3.63) is 0 Å². The van der Waals surface area contributed by atoms with E-state index in [1.807, 2.05) is 0 Å². The summed E-state index contributed by atoms with van der Waals surface area (Å²) in [7, 11) is 0. The van der Waals surface area contributed by atoms with Crippen LogP contribution in [0.15, 0.2) is 0 Å². The first-order valence-electron chi connectivity index (χ1n) is 8.86. The molecule has 1 saturated heterocycles. The molecule has 0 spiro atoms. The van der Waals surface area contributed by atoms with Gasteiger partial charge in [-0.15, -0.1) is 0 Å². The van der Waals surface area contributed by atoms with Crippen molar-refractivity contribution >= 4 is 0 Å². The lowest BCUT2D eigenvalue weighted by molar-refractivity contribution is -0.138. The Balaban J connectivity index is 2.11. The van der Waals surface area contributed by atoms with Crippen LogP contribution < -0.4 is 11.1 Å². The molecule has 21 heavy (non-hydrogen) atoms. The second-order valence-electron chi connectivity index (χ2n) is 8.82. The third-order valence-electron chi connectivity index (χ3n) is 6.72. The van der Waals surface area contributed by atoms with Gasteiger partial charge in [-0.25, -0.2) is 0 Å². The normalized spacial score (nSPS) is 38.0. The van der Waals surface area contributed by atoms with Crippen LogP contribution in [0, 0.1) is 22.7 Å². The molecule has 0 aromatic carbocycles. The number of nitrogens with one attached hydrogen (secondary N) is 1. The van der Waals surface area contributed by atoms with Crippen molar-refractivity contribution in [1.82, 2.24) is 5.32 Å². The van der Waals surface area contributed by atoms with Crippen LogP contribution in [0.3, 0.4) is 0 Å². The summed E-state index contributed by atoms with van der Waals surface area (Å²) in [6.45, 7) is 11.7. The van der Waals surface area contributed by atoms with E-state index in [9.17, 15) is 5.11 Å². The Morgan fingerprint density at radius 1 is 1.10 bits per heavy atom. The van der Waals surface area contributed by atoms with Crippen molar-refractivity contribution in [3.8, 4) is 0 Å². The summed E-state index contributed by atoms with van der Waals surface area (Å²) >= 11 is 0. The Morgan fingerprint density at radius 3 is 2.14 bits per heavy atom. The van der Waals surface area contributed by atoms with Crippen molar-refractivity contribution in [1.29, 1.82) is 0 Å². The molecule has 2 aliphatic rings. The number of rotatable bonds is 3. The highest BCUT2D eigenvalue weighted by atomic mass is 16.3. The van der Waals surface area contributed by atoms with E-state index < -0.39 is 5.60 Å². The maximum absolute atomic E-state index is 11.4. The topological polar surface area (TPSA) is 58.3 Å². The average molecular weight is 296 g/mol. The molecule has 2 rings (SSSR count). The highest BCUT2D eigenvalue weighted by molar-refractivity contribution is 5.04. The standard InChI is InChI=1S/C18H36N2O/c1-16(2,3)14-7-9-18(13-19,10-8-14)17(4,21)15-6-5-11-20-12-15/h14-15,20-21H,5-13,19H2,1-4H3. The van der Waals surface area contributed by atoms with E-state index in [0.29, 0.717) is 17.9 Å². The van der Waals surface area contributed by atoms with Crippen molar-refractivity contribution in [2.24, 2.45) is 28.4 Å². The Labute approximate surface area is 131 Å². The van der Waals surface area contributed by atoms with Gasteiger partial charge < -0.3 is 16.2 Å². The van der Waals surface area contributed by atoms with Gasteiger partial charge in [0.25, 0.3) is 0 Å². The van der Waals surface area contributed by atoms with E-state index in [0.717, 1.165) is 38.3 Å². The predicted molar refractivity (Wildman–Crippen MR) is 89.1 cm³/mol. The Bertz CT molecular complexity index is 332. The Hall–Kier alpha value is -0.120. The van der Waals surface area contributed by atoms with E-state index in [2.05, 4.69) is 33.0 Å². The number of hydrogen-bond acceptors (Lipinski definition) is 3. The predicted octanol–water partition coefficient (Wildman–Crippen LogP) is 2.92. The number of hydrogen-bond donors (Lipinski definition) is 3. The van der Waals surface area contributed by atoms with Crippen LogP contribution in [0.4, 0.5) is 0 Å². The van der Waals surface area contributed by atoms with Gasteiger partial charge in [-0.1, -0.05) is 20.8 Å². The molecule has 4 N–H and O–H groups in total. The lowest BCUT2D eigenvalue weighted by atomic mass is 9.55. The van der Waals surface area contributed by atoms with Crippen molar-refractivity contribution < 1.29 is 5.11 Å². The highest BCUT2D eigenvalue weighted by Crippen LogP contribution is 2.52. The Kier molecular flexibility index (Phi) is 5.07. The molecule has 1 aliphatic heterocycles. The summed E-state index contributed by atoms with van der Waals surface area (Å²) in [5.74, 6) is 1.11. The molecule has 2 fully saturated rings. The van der Waals surface area contributed by atoms with Crippen LogP contribution in [0.25, 0.3) is 0 Å². The highest BCUT2D eigenvalue weighted by Gasteiger charge is 2.52. The summed E-state index contributed by atoms with van der Waals surface area (Å²) in [6, 6.07) is 0. The van der Waals surface area contributed by atoms with Crippen LogP contribution in [-0.4, -0.2) is 30.3 Å². The fourth-order valence-corrected chi connectivity index (χ4v) is 4.72. The van der Waals surface area contributed by atoms with E-state index in [1.54, 1.807) is 0 Å². The molecule has 1 heterocycles. The fourth-order valence-electron chi connectivity index (χ4n) is 4.72. The van der Waals surface area contributed by atoms with Crippen molar-refractivity contribution in [2.45, 2.75) is 71.8 Å². The molecule has 2 atom stereocenters. The molecule has 1 aliphatic carbocycles. The minimum atomic E-state index is -0.641. The molecule has 3 nitrogen and oxygen atoms in total. The van der Waals surface area contributed by atoms with Gasteiger partial charge in [0.1, 0.15) is 0 Å². The molecule has 2 unspecified atom stereocenters. The summed E-state index contributed by atoms with van der Waals surface area (Å²) in [5.41, 5.74) is 5.85. The van der Waals surface area contributed by atoms with Gasteiger partial charge in [0.2, 0.25) is 0 Å². The third-order valence-corrected chi connectivity index (χ3v) is 6.72. The summed E-state index contributed by atoms with van der Waals surface area (Å²) in [4.78, 5) is 0. The van der Waals surface area contributed by atoms with Gasteiger partial charge in [0.15, 0.2) is 0 Å². The van der Waals surface area contributed by atoms with Gasteiger partial charge in [-0.05, 0) is 63.3 Å². The summed E-state index contributed by atoms with van der Waals surface area (Å²) in [6.07, 6.45) is 6.87. The zero-order chi connectivity index (χ0) is 15.7. The van der Waals surface area contributed by atoms with E-state index in [1.165, 1.54) is 19.3 Å². The Morgan fingerprint density at radius 2 is 1.71 bits per heavy atom. The zero-order valence-corrected chi connectivity index (χ0v) is 14.5. The first kappa shape index (κ1) is 17.2.